The lowest BCUT2D eigenvalue weighted by molar-refractivity contribution is 0.0636. The fraction of sp³-hybridized carbons (Fsp3) is 0.385. The second-order valence-electron chi connectivity index (χ2n) is 8.48. The maximum atomic E-state index is 12.0. The molecule has 0 fully saturated rings. The van der Waals surface area contributed by atoms with Crippen molar-refractivity contribution in [3.63, 3.8) is 0 Å². The van der Waals surface area contributed by atoms with Gasteiger partial charge >= 0.3 is 0 Å². The predicted octanol–water partition coefficient (Wildman–Crippen LogP) is 4.60. The Hall–Kier alpha value is -3.72. The smallest absolute Gasteiger partial charge is 0.261 e. The minimum Gasteiger partial charge on any atom is -0.330 e. The van der Waals surface area contributed by atoms with Gasteiger partial charge in [0.15, 0.2) is 0 Å². The number of unbranched alkanes of at least 4 members (excludes halogenated alkanes) is 4. The van der Waals surface area contributed by atoms with Crippen LogP contribution in [0.1, 0.15) is 80.0 Å². The number of rotatable bonds is 11. The van der Waals surface area contributed by atoms with Crippen LogP contribution in [-0.4, -0.2) is 59.6 Å². The minimum absolute atomic E-state index is 0. The van der Waals surface area contributed by atoms with Gasteiger partial charge in [0.25, 0.3) is 23.6 Å². The van der Waals surface area contributed by atoms with E-state index in [0.29, 0.717) is 48.4 Å². The molecule has 0 spiro atoms. The van der Waals surface area contributed by atoms with E-state index in [1.807, 2.05) is 0 Å². The predicted molar refractivity (Wildman–Crippen MR) is 142 cm³/mol. The highest BCUT2D eigenvalue weighted by molar-refractivity contribution is 6.22. The molecule has 2 N–H and O–H groups in total. The third-order valence-electron chi connectivity index (χ3n) is 6.05. The van der Waals surface area contributed by atoms with Crippen LogP contribution < -0.4 is 5.73 Å². The van der Waals surface area contributed by atoms with E-state index in [4.69, 9.17) is 11.3 Å². The molecule has 2 aliphatic heterocycles. The SMILES string of the molecule is Cl.NCCCCCN1C(=O)c2ccccc2C1=O.[N-]=[N+]=NCCCCCN1C(=O)c2ccccc2C1=O. The van der Waals surface area contributed by atoms with E-state index in [2.05, 4.69) is 10.0 Å². The van der Waals surface area contributed by atoms with Crippen molar-refractivity contribution in [2.45, 2.75) is 38.5 Å². The average Bonchev–Trinajstić information content (AvgIpc) is 3.29. The summed E-state index contributed by atoms with van der Waals surface area (Å²) in [5.41, 5.74) is 15.5. The Morgan fingerprint density at radius 1 is 0.649 bits per heavy atom. The van der Waals surface area contributed by atoms with E-state index >= 15 is 0 Å². The maximum absolute atomic E-state index is 12.0. The lowest BCUT2D eigenvalue weighted by atomic mass is 10.1. The first-order chi connectivity index (χ1) is 17.5. The molecule has 10 nitrogen and oxygen atoms in total. The summed E-state index contributed by atoms with van der Waals surface area (Å²) in [6.07, 6.45) is 5.03. The summed E-state index contributed by atoms with van der Waals surface area (Å²) in [6.45, 7) is 2.02. The highest BCUT2D eigenvalue weighted by Gasteiger charge is 2.35. The topological polar surface area (TPSA) is 150 Å². The fourth-order valence-corrected chi connectivity index (χ4v) is 4.15. The van der Waals surface area contributed by atoms with Gasteiger partial charge < -0.3 is 5.73 Å². The number of nitrogens with two attached hydrogens (primary N) is 1. The van der Waals surface area contributed by atoms with E-state index in [-0.39, 0.29) is 36.0 Å². The number of imide groups is 2. The maximum Gasteiger partial charge on any atom is 0.261 e. The van der Waals surface area contributed by atoms with Crippen LogP contribution in [0.5, 0.6) is 0 Å². The van der Waals surface area contributed by atoms with Gasteiger partial charge in [-0.25, -0.2) is 0 Å². The zero-order chi connectivity index (χ0) is 25.9. The molecule has 2 aromatic carbocycles. The number of azide groups is 1. The second-order valence-corrected chi connectivity index (χ2v) is 8.48. The molecule has 4 amide bonds. The van der Waals surface area contributed by atoms with Crippen molar-refractivity contribution in [3.8, 4) is 0 Å². The third kappa shape index (κ3) is 7.16. The molecule has 0 aliphatic carbocycles. The molecule has 2 heterocycles. The first-order valence-electron chi connectivity index (χ1n) is 12.1. The molecule has 4 rings (SSSR count). The molecule has 37 heavy (non-hydrogen) atoms. The van der Waals surface area contributed by atoms with E-state index in [0.717, 1.165) is 38.5 Å². The molecular formula is C26H31ClN6O4. The molecule has 0 atom stereocenters. The van der Waals surface area contributed by atoms with Crippen molar-refractivity contribution in [1.29, 1.82) is 0 Å². The van der Waals surface area contributed by atoms with Crippen LogP contribution in [-0.2, 0) is 0 Å². The zero-order valence-corrected chi connectivity index (χ0v) is 21.4. The van der Waals surface area contributed by atoms with E-state index in [1.54, 1.807) is 48.5 Å². The lowest BCUT2D eigenvalue weighted by Gasteiger charge is -2.13. The number of hydrogen-bond donors (Lipinski definition) is 1. The summed E-state index contributed by atoms with van der Waals surface area (Å²) in [5.74, 6) is -0.761. The largest absolute Gasteiger partial charge is 0.330 e. The standard InChI is InChI=1S/C13H14N4O2.C13H16N2O2.ClH/c14-16-15-8-4-1-5-9-17-12(18)10-6-2-3-7-11(10)13(17)19;14-8-4-1-5-9-15-12(16)10-6-2-3-7-11(10)13(15)17;/h2-3,6-7H,1,4-5,8-9H2;2-3,6-7H,1,4-5,8-9,14H2;1H. The van der Waals surface area contributed by atoms with Crippen LogP contribution in [0.15, 0.2) is 53.6 Å². The Balaban J connectivity index is 0.000000255. The van der Waals surface area contributed by atoms with Crippen LogP contribution in [0.25, 0.3) is 10.4 Å². The van der Waals surface area contributed by atoms with E-state index in [9.17, 15) is 19.2 Å². The Morgan fingerprint density at radius 3 is 1.38 bits per heavy atom. The highest BCUT2D eigenvalue weighted by Crippen LogP contribution is 2.23. The summed E-state index contributed by atoms with van der Waals surface area (Å²) in [6, 6.07) is 13.8. The van der Waals surface area contributed by atoms with Crippen molar-refractivity contribution >= 4 is 36.0 Å². The van der Waals surface area contributed by atoms with Gasteiger partial charge in [0.05, 0.1) is 22.3 Å². The lowest BCUT2D eigenvalue weighted by Crippen LogP contribution is -2.30. The Bertz CT molecular complexity index is 1110. The highest BCUT2D eigenvalue weighted by atomic mass is 35.5. The molecule has 2 aromatic rings. The summed E-state index contributed by atoms with van der Waals surface area (Å²) in [4.78, 5) is 53.2. The van der Waals surface area contributed by atoms with Gasteiger partial charge in [-0.15, -0.1) is 12.4 Å². The fourth-order valence-electron chi connectivity index (χ4n) is 4.15. The summed E-state index contributed by atoms with van der Waals surface area (Å²) >= 11 is 0. The summed E-state index contributed by atoms with van der Waals surface area (Å²) in [5, 5.41) is 3.44. The van der Waals surface area contributed by atoms with E-state index in [1.165, 1.54) is 9.80 Å². The summed E-state index contributed by atoms with van der Waals surface area (Å²) in [7, 11) is 0. The van der Waals surface area contributed by atoms with Gasteiger partial charge in [-0.1, -0.05) is 42.2 Å². The molecule has 0 saturated heterocycles. The third-order valence-corrected chi connectivity index (χ3v) is 6.05. The van der Waals surface area contributed by atoms with Gasteiger partial charge in [0.2, 0.25) is 0 Å². The number of benzene rings is 2. The number of halogens is 1. The van der Waals surface area contributed by atoms with Crippen molar-refractivity contribution in [1.82, 2.24) is 9.80 Å². The van der Waals surface area contributed by atoms with Gasteiger partial charge in [-0.2, -0.15) is 0 Å². The second kappa shape index (κ2) is 14.7. The Morgan fingerprint density at radius 2 is 1.03 bits per heavy atom. The first-order valence-corrected chi connectivity index (χ1v) is 12.1. The molecule has 0 unspecified atom stereocenters. The van der Waals surface area contributed by atoms with E-state index < -0.39 is 0 Å². The van der Waals surface area contributed by atoms with Gasteiger partial charge in [-0.05, 0) is 62.0 Å². The molecule has 0 aromatic heterocycles. The van der Waals surface area contributed by atoms with Crippen LogP contribution >= 0.6 is 12.4 Å². The van der Waals surface area contributed by atoms with Gasteiger partial charge in [0.1, 0.15) is 0 Å². The van der Waals surface area contributed by atoms with Crippen LogP contribution in [0, 0.1) is 0 Å². The normalized spacial score (nSPS) is 13.4. The van der Waals surface area contributed by atoms with Crippen molar-refractivity contribution in [2.24, 2.45) is 10.8 Å². The van der Waals surface area contributed by atoms with Gasteiger partial charge in [-0.3, -0.25) is 29.0 Å². The number of amides is 4. The minimum atomic E-state index is -0.212. The number of hydrogen-bond acceptors (Lipinski definition) is 6. The van der Waals surface area contributed by atoms with Crippen molar-refractivity contribution in [2.75, 3.05) is 26.2 Å². The van der Waals surface area contributed by atoms with Crippen LogP contribution in [0.4, 0.5) is 0 Å². The quantitative estimate of drug-likeness (QED) is 0.149. The van der Waals surface area contributed by atoms with Gasteiger partial charge in [0, 0.05) is 24.5 Å². The number of carbonyl (C=O) groups is 4. The average molecular weight is 527 g/mol. The number of nitrogens with zero attached hydrogens (tertiary/aromatic N) is 5. The molecule has 196 valence electrons. The summed E-state index contributed by atoms with van der Waals surface area (Å²) < 4.78 is 0. The number of fused-ring (bicyclic) bond motifs is 2. The molecule has 0 radical (unpaired) electrons. The van der Waals surface area contributed by atoms with Crippen LogP contribution in [0.2, 0.25) is 0 Å². The van der Waals surface area contributed by atoms with Crippen LogP contribution in [0.3, 0.4) is 0 Å². The molecule has 0 saturated carbocycles. The Labute approximate surface area is 221 Å². The monoisotopic (exact) mass is 526 g/mol. The zero-order valence-electron chi connectivity index (χ0n) is 20.5. The van der Waals surface area contributed by atoms with Crippen molar-refractivity contribution in [3.05, 3.63) is 81.2 Å². The molecule has 0 bridgehead atoms. The van der Waals surface area contributed by atoms with Crippen molar-refractivity contribution < 1.29 is 19.2 Å². The number of carbonyl (C=O) groups excluding carboxylic acids is 4. The Kier molecular flexibility index (Phi) is 11.8. The molecule has 11 heteroatoms. The molecule has 2 aliphatic rings. The first kappa shape index (κ1) is 29.5. The molecular weight excluding hydrogens is 496 g/mol.